The lowest BCUT2D eigenvalue weighted by molar-refractivity contribution is 0.174. The highest BCUT2D eigenvalue weighted by Gasteiger charge is 2.48. The molecule has 0 amide bonds. The first-order chi connectivity index (χ1) is 18.9. The van der Waals surface area contributed by atoms with Gasteiger partial charge in [-0.05, 0) is 72.6 Å². The Hall–Kier alpha value is -2.73. The summed E-state index contributed by atoms with van der Waals surface area (Å²) in [5.74, 6) is 2.75. The molecule has 0 aliphatic carbocycles. The first-order valence-electron chi connectivity index (χ1n) is 13.2. The third-order valence-electron chi connectivity index (χ3n) is 7.84. The lowest BCUT2D eigenvalue weighted by Gasteiger charge is -2.47. The number of halogens is 3. The molecule has 39 heavy (non-hydrogen) atoms. The zero-order valence-electron chi connectivity index (χ0n) is 21.9. The van der Waals surface area contributed by atoms with Crippen LogP contribution in [-0.4, -0.2) is 36.2 Å². The molecular formula is C31H30Cl3NO4. The largest absolute Gasteiger partial charge is 0.493 e. The molecule has 0 aromatic heterocycles. The molecule has 0 fully saturated rings. The van der Waals surface area contributed by atoms with Gasteiger partial charge in [-0.2, -0.15) is 0 Å². The minimum absolute atomic E-state index is 0.226. The van der Waals surface area contributed by atoms with E-state index in [9.17, 15) is 0 Å². The summed E-state index contributed by atoms with van der Waals surface area (Å²) in [6.45, 7) is 0.914. The van der Waals surface area contributed by atoms with Crippen LogP contribution in [0.15, 0.2) is 54.6 Å². The van der Waals surface area contributed by atoms with Crippen molar-refractivity contribution in [2.45, 2.75) is 41.9 Å². The lowest BCUT2D eigenvalue weighted by atomic mass is 9.80. The van der Waals surface area contributed by atoms with Crippen LogP contribution < -0.4 is 18.9 Å². The van der Waals surface area contributed by atoms with E-state index in [1.165, 1.54) is 16.7 Å². The van der Waals surface area contributed by atoms with Gasteiger partial charge in [0.1, 0.15) is 6.04 Å². The van der Waals surface area contributed by atoms with E-state index >= 15 is 0 Å². The summed E-state index contributed by atoms with van der Waals surface area (Å²) < 4.78 is 21.4. The van der Waals surface area contributed by atoms with Gasteiger partial charge in [-0.15, -0.1) is 0 Å². The Balaban J connectivity index is 1.51. The van der Waals surface area contributed by atoms with Gasteiger partial charge < -0.3 is 23.8 Å². The first kappa shape index (κ1) is 26.5. The van der Waals surface area contributed by atoms with Crippen molar-refractivity contribution in [3.05, 3.63) is 82.4 Å². The van der Waals surface area contributed by atoms with E-state index in [0.29, 0.717) is 18.0 Å². The highest BCUT2D eigenvalue weighted by molar-refractivity contribution is 6.68. The molecule has 0 bridgehead atoms. The molecule has 0 radical (unpaired) electrons. The second kappa shape index (κ2) is 10.7. The number of benzene rings is 3. The van der Waals surface area contributed by atoms with Crippen molar-refractivity contribution in [3.8, 4) is 23.0 Å². The van der Waals surface area contributed by atoms with E-state index in [1.807, 2.05) is 6.07 Å². The van der Waals surface area contributed by atoms with E-state index in [4.69, 9.17) is 53.8 Å². The highest BCUT2D eigenvalue weighted by Crippen LogP contribution is 2.59. The van der Waals surface area contributed by atoms with Crippen LogP contribution in [0.2, 0.25) is 0 Å². The molecule has 0 spiro atoms. The smallest absolute Gasteiger partial charge is 0.231 e. The molecule has 8 heteroatoms. The fraction of sp³-hybridized carbons (Fsp3) is 0.355. The average molecular weight is 587 g/mol. The summed E-state index contributed by atoms with van der Waals surface area (Å²) in [7, 11) is 3.27. The van der Waals surface area contributed by atoms with Crippen LogP contribution in [0.4, 0.5) is 0 Å². The quantitative estimate of drug-likeness (QED) is 0.207. The Labute approximate surface area is 244 Å². The Morgan fingerprint density at radius 2 is 1.64 bits per heavy atom. The highest BCUT2D eigenvalue weighted by atomic mass is 35.6. The SMILES string of the molecule is COc1ccc2c(c1OC)[C@@H](C(Cl)(Cl)Cl)N1CCc3cc4c(cc3C1=C2CCCCc1ccccc1)OCO4. The Morgan fingerprint density at radius 1 is 0.897 bits per heavy atom. The van der Waals surface area contributed by atoms with E-state index in [0.717, 1.165) is 66.0 Å². The van der Waals surface area contributed by atoms with Gasteiger partial charge in [-0.1, -0.05) is 71.2 Å². The zero-order valence-corrected chi connectivity index (χ0v) is 24.2. The van der Waals surface area contributed by atoms with E-state index in [-0.39, 0.29) is 6.79 Å². The van der Waals surface area contributed by atoms with Gasteiger partial charge in [0.25, 0.3) is 0 Å². The molecule has 0 unspecified atom stereocenters. The molecular weight excluding hydrogens is 557 g/mol. The standard InChI is InChI=1S/C31H30Cl3NO4/c1-36-24-13-12-21-22(11-7-6-10-19-8-4-3-5-9-19)28-23-17-26-25(38-18-39-26)16-20(23)14-15-35(28)30(31(32,33)34)27(21)29(24)37-2/h3-5,8-9,12-13,16-17,30H,6-7,10-11,14-15,18H2,1-2H3/t30-/m0/s1. The van der Waals surface area contributed by atoms with E-state index in [2.05, 4.69) is 53.4 Å². The third kappa shape index (κ3) is 4.79. The number of nitrogens with zero attached hydrogens (tertiary/aromatic N) is 1. The predicted molar refractivity (Wildman–Crippen MR) is 156 cm³/mol. The summed E-state index contributed by atoms with van der Waals surface area (Å²) in [5, 5.41) is 0. The van der Waals surface area contributed by atoms with Crippen molar-refractivity contribution in [3.63, 3.8) is 0 Å². The van der Waals surface area contributed by atoms with Crippen LogP contribution in [-0.2, 0) is 12.8 Å². The maximum absolute atomic E-state index is 6.77. The molecule has 3 aliphatic heterocycles. The summed E-state index contributed by atoms with van der Waals surface area (Å²) in [4.78, 5) is 2.24. The molecule has 3 aromatic rings. The molecule has 3 aromatic carbocycles. The first-order valence-corrected chi connectivity index (χ1v) is 14.3. The van der Waals surface area contributed by atoms with Crippen molar-refractivity contribution in [1.82, 2.24) is 4.90 Å². The van der Waals surface area contributed by atoms with E-state index in [1.54, 1.807) is 14.2 Å². The van der Waals surface area contributed by atoms with Crippen molar-refractivity contribution in [2.24, 2.45) is 0 Å². The van der Waals surface area contributed by atoms with Crippen LogP contribution in [0, 0.1) is 0 Å². The molecule has 3 aliphatic rings. The second-order valence-corrected chi connectivity index (χ2v) is 12.4. The number of unbranched alkanes of at least 4 members (excludes halogenated alkanes) is 1. The number of rotatable bonds is 7. The molecule has 204 valence electrons. The fourth-order valence-electron chi connectivity index (χ4n) is 6.15. The molecule has 0 saturated carbocycles. The zero-order chi connectivity index (χ0) is 27.1. The number of fused-ring (bicyclic) bond motifs is 5. The van der Waals surface area contributed by atoms with Gasteiger partial charge in [0.15, 0.2) is 23.0 Å². The minimum atomic E-state index is -1.62. The number of allylic oxidation sites excluding steroid dienone is 1. The number of hydrogen-bond acceptors (Lipinski definition) is 5. The Bertz CT molecular complexity index is 1420. The molecule has 1 atom stereocenters. The third-order valence-corrected chi connectivity index (χ3v) is 8.46. The normalized spacial score (nSPS) is 17.5. The second-order valence-electron chi connectivity index (χ2n) is 10.0. The topological polar surface area (TPSA) is 40.2 Å². The number of methoxy groups -OCH3 is 2. The van der Waals surface area contributed by atoms with Crippen molar-refractivity contribution < 1.29 is 18.9 Å². The summed E-state index contributed by atoms with van der Waals surface area (Å²) in [6.07, 6.45) is 4.74. The van der Waals surface area contributed by atoms with Gasteiger partial charge in [-0.25, -0.2) is 0 Å². The Morgan fingerprint density at radius 3 is 2.36 bits per heavy atom. The van der Waals surface area contributed by atoms with Crippen LogP contribution in [0.5, 0.6) is 23.0 Å². The maximum atomic E-state index is 6.77. The summed E-state index contributed by atoms with van der Waals surface area (Å²) in [6, 6.07) is 18.2. The van der Waals surface area contributed by atoms with Crippen molar-refractivity contribution in [1.29, 1.82) is 0 Å². The minimum Gasteiger partial charge on any atom is -0.493 e. The average Bonchev–Trinajstić information content (AvgIpc) is 3.40. The fourth-order valence-corrected chi connectivity index (χ4v) is 6.83. The molecule has 0 N–H and O–H groups in total. The monoisotopic (exact) mass is 585 g/mol. The molecule has 6 rings (SSSR count). The molecule has 0 saturated heterocycles. The lowest BCUT2D eigenvalue weighted by Crippen LogP contribution is -2.42. The summed E-state index contributed by atoms with van der Waals surface area (Å²) in [5.41, 5.74) is 7.83. The number of hydrogen-bond donors (Lipinski definition) is 0. The van der Waals surface area contributed by atoms with Crippen LogP contribution in [0.1, 0.15) is 53.1 Å². The number of alkyl halides is 3. The van der Waals surface area contributed by atoms with Gasteiger partial charge in [-0.3, -0.25) is 0 Å². The van der Waals surface area contributed by atoms with Crippen molar-refractivity contribution >= 4 is 46.1 Å². The number of ether oxygens (including phenoxy) is 4. The maximum Gasteiger partial charge on any atom is 0.231 e. The molecule has 3 heterocycles. The van der Waals surface area contributed by atoms with Gasteiger partial charge in [0, 0.05) is 23.4 Å². The van der Waals surface area contributed by atoms with Gasteiger partial charge in [0.2, 0.25) is 10.6 Å². The number of aryl methyl sites for hydroxylation is 1. The van der Waals surface area contributed by atoms with Gasteiger partial charge >= 0.3 is 0 Å². The van der Waals surface area contributed by atoms with Gasteiger partial charge in [0.05, 0.1) is 14.2 Å². The molecule has 5 nitrogen and oxygen atoms in total. The Kier molecular flexibility index (Phi) is 7.26. The van der Waals surface area contributed by atoms with E-state index < -0.39 is 9.83 Å². The summed E-state index contributed by atoms with van der Waals surface area (Å²) >= 11 is 20.3. The van der Waals surface area contributed by atoms with Crippen LogP contribution in [0.25, 0.3) is 11.3 Å². The predicted octanol–water partition coefficient (Wildman–Crippen LogP) is 8.00. The van der Waals surface area contributed by atoms with Crippen molar-refractivity contribution in [2.75, 3.05) is 27.6 Å². The van der Waals surface area contributed by atoms with Crippen LogP contribution >= 0.6 is 34.8 Å². The van der Waals surface area contributed by atoms with Crippen LogP contribution in [0.3, 0.4) is 0 Å².